The van der Waals surface area contributed by atoms with E-state index in [9.17, 15) is 9.90 Å². The van der Waals surface area contributed by atoms with Gasteiger partial charge in [0, 0.05) is 18.5 Å². The van der Waals surface area contributed by atoms with Crippen molar-refractivity contribution in [3.63, 3.8) is 0 Å². The van der Waals surface area contributed by atoms with Crippen molar-refractivity contribution in [3.8, 4) is 5.75 Å². The number of likely N-dealkylation sites (N-methyl/N-ethyl adjacent to an activating group) is 1. The first-order valence-electron chi connectivity index (χ1n) is 6.98. The molecular formula is C16H23NO3. The van der Waals surface area contributed by atoms with Gasteiger partial charge in [0.05, 0.1) is 17.7 Å². The zero-order valence-corrected chi connectivity index (χ0v) is 12.8. The third-order valence-electron chi connectivity index (χ3n) is 4.37. The number of nitrogens with zero attached hydrogens (tertiary/aromatic N) is 1. The molecule has 0 spiro atoms. The second-order valence-corrected chi connectivity index (χ2v) is 6.17. The molecule has 0 radical (unpaired) electrons. The summed E-state index contributed by atoms with van der Waals surface area (Å²) in [5.41, 5.74) is 1.05. The van der Waals surface area contributed by atoms with E-state index in [1.807, 2.05) is 32.9 Å². The Hall–Kier alpha value is -1.55. The van der Waals surface area contributed by atoms with Crippen molar-refractivity contribution in [3.05, 3.63) is 29.3 Å². The number of hydrogen-bond donors (Lipinski definition) is 1. The normalized spacial score (nSPS) is 21.3. The Balaban J connectivity index is 2.39. The first-order valence-corrected chi connectivity index (χ1v) is 6.98. The maximum Gasteiger partial charge on any atom is 0.257 e. The quantitative estimate of drug-likeness (QED) is 0.923. The Morgan fingerprint density at radius 3 is 2.65 bits per heavy atom. The smallest absolute Gasteiger partial charge is 0.257 e. The molecule has 1 aliphatic heterocycles. The van der Waals surface area contributed by atoms with Gasteiger partial charge in [-0.1, -0.05) is 19.1 Å². The molecule has 4 heteroatoms. The predicted molar refractivity (Wildman–Crippen MR) is 78.2 cm³/mol. The fourth-order valence-corrected chi connectivity index (χ4v) is 2.32. The molecule has 20 heavy (non-hydrogen) atoms. The van der Waals surface area contributed by atoms with Crippen molar-refractivity contribution < 1.29 is 14.6 Å². The predicted octanol–water partition coefficient (Wildman–Crippen LogP) is 2.41. The van der Waals surface area contributed by atoms with Crippen LogP contribution in [0.5, 0.6) is 5.75 Å². The summed E-state index contributed by atoms with van der Waals surface area (Å²) in [6, 6.07) is 5.69. The minimum absolute atomic E-state index is 0.0788. The molecule has 2 rings (SSSR count). The largest absolute Gasteiger partial charge is 0.489 e. The highest BCUT2D eigenvalue weighted by Crippen LogP contribution is 2.40. The standard InChI is InChI=1S/C16H23NO3/c1-10-11(2)20-14-12(10)7-6-8-13(14)15(19)17(5)16(3,4)9-18/h6-8,10-11,18H,9H2,1-5H3. The Kier molecular flexibility index (Phi) is 3.78. The van der Waals surface area contributed by atoms with Crippen LogP contribution in [0.1, 0.15) is 49.5 Å². The molecule has 2 atom stereocenters. The van der Waals surface area contributed by atoms with E-state index in [2.05, 4.69) is 6.92 Å². The van der Waals surface area contributed by atoms with Gasteiger partial charge in [-0.3, -0.25) is 4.79 Å². The molecule has 0 saturated carbocycles. The molecule has 1 aromatic rings. The highest BCUT2D eigenvalue weighted by Gasteiger charge is 2.34. The molecule has 1 aliphatic rings. The summed E-state index contributed by atoms with van der Waals surface area (Å²) in [4.78, 5) is 14.2. The number of hydrogen-bond acceptors (Lipinski definition) is 3. The van der Waals surface area contributed by atoms with Crippen LogP contribution in [-0.2, 0) is 0 Å². The minimum atomic E-state index is -0.602. The fourth-order valence-electron chi connectivity index (χ4n) is 2.32. The van der Waals surface area contributed by atoms with Gasteiger partial charge in [0.15, 0.2) is 0 Å². The van der Waals surface area contributed by atoms with Gasteiger partial charge in [0.2, 0.25) is 0 Å². The van der Waals surface area contributed by atoms with E-state index in [1.54, 1.807) is 18.0 Å². The van der Waals surface area contributed by atoms with Crippen LogP contribution in [0.3, 0.4) is 0 Å². The van der Waals surface area contributed by atoms with Crippen LogP contribution in [0, 0.1) is 0 Å². The van der Waals surface area contributed by atoms with E-state index in [1.165, 1.54) is 0 Å². The minimum Gasteiger partial charge on any atom is -0.489 e. The lowest BCUT2D eigenvalue weighted by molar-refractivity contribution is 0.0469. The summed E-state index contributed by atoms with van der Waals surface area (Å²) in [5, 5.41) is 9.41. The lowest BCUT2D eigenvalue weighted by atomic mass is 9.96. The Morgan fingerprint density at radius 2 is 2.05 bits per heavy atom. The monoisotopic (exact) mass is 277 g/mol. The van der Waals surface area contributed by atoms with Gasteiger partial charge >= 0.3 is 0 Å². The van der Waals surface area contributed by atoms with Gasteiger partial charge in [-0.2, -0.15) is 0 Å². The van der Waals surface area contributed by atoms with E-state index < -0.39 is 5.54 Å². The third kappa shape index (κ3) is 2.29. The Morgan fingerprint density at radius 1 is 1.40 bits per heavy atom. The van der Waals surface area contributed by atoms with Crippen LogP contribution < -0.4 is 4.74 Å². The number of aliphatic hydroxyl groups excluding tert-OH is 1. The first-order chi connectivity index (χ1) is 9.29. The number of benzene rings is 1. The average molecular weight is 277 g/mol. The second-order valence-electron chi connectivity index (χ2n) is 6.17. The molecular weight excluding hydrogens is 254 g/mol. The van der Waals surface area contributed by atoms with Gasteiger partial charge in [0.25, 0.3) is 5.91 Å². The molecule has 0 saturated heterocycles. The van der Waals surface area contributed by atoms with Crippen LogP contribution in [0.15, 0.2) is 18.2 Å². The number of ether oxygens (including phenoxy) is 1. The highest BCUT2D eigenvalue weighted by atomic mass is 16.5. The van der Waals surface area contributed by atoms with E-state index in [-0.39, 0.29) is 24.5 Å². The van der Waals surface area contributed by atoms with E-state index in [0.717, 1.165) is 5.56 Å². The Labute approximate surface area is 120 Å². The lowest BCUT2D eigenvalue weighted by Crippen LogP contribution is -2.47. The fraction of sp³-hybridized carbons (Fsp3) is 0.562. The summed E-state index contributed by atoms with van der Waals surface area (Å²) >= 11 is 0. The molecule has 0 fully saturated rings. The average Bonchev–Trinajstić information content (AvgIpc) is 2.73. The van der Waals surface area contributed by atoms with Crippen molar-refractivity contribution in [2.75, 3.05) is 13.7 Å². The molecule has 1 aromatic carbocycles. The summed E-state index contributed by atoms with van der Waals surface area (Å²) in [5.74, 6) is 0.856. The number of aliphatic hydroxyl groups is 1. The topological polar surface area (TPSA) is 49.8 Å². The van der Waals surface area contributed by atoms with E-state index >= 15 is 0 Å². The number of amides is 1. The molecule has 0 bridgehead atoms. The van der Waals surface area contributed by atoms with Crippen LogP contribution >= 0.6 is 0 Å². The lowest BCUT2D eigenvalue weighted by Gasteiger charge is -2.34. The van der Waals surface area contributed by atoms with E-state index in [0.29, 0.717) is 11.3 Å². The van der Waals surface area contributed by atoms with Crippen LogP contribution in [-0.4, -0.2) is 41.2 Å². The maximum absolute atomic E-state index is 12.7. The van der Waals surface area contributed by atoms with Gasteiger partial charge in [-0.05, 0) is 26.8 Å². The molecule has 1 N–H and O–H groups in total. The van der Waals surface area contributed by atoms with Crippen LogP contribution in [0.25, 0.3) is 0 Å². The summed E-state index contributed by atoms with van der Waals surface area (Å²) in [6.07, 6.45) is 0.0788. The zero-order valence-electron chi connectivity index (χ0n) is 12.8. The third-order valence-corrected chi connectivity index (χ3v) is 4.37. The number of rotatable bonds is 3. The van der Waals surface area contributed by atoms with Gasteiger partial charge < -0.3 is 14.7 Å². The number of carbonyl (C=O) groups excluding carboxylic acids is 1. The van der Waals surface area contributed by atoms with Gasteiger partial charge in [-0.25, -0.2) is 0 Å². The zero-order chi connectivity index (χ0) is 15.1. The molecule has 1 amide bonds. The maximum atomic E-state index is 12.7. The SMILES string of the molecule is CC1Oc2c(C(=O)N(C)C(C)(C)CO)cccc2C1C. The first kappa shape index (κ1) is 14.9. The van der Waals surface area contributed by atoms with Crippen molar-refractivity contribution in [2.45, 2.75) is 45.3 Å². The summed E-state index contributed by atoms with van der Waals surface area (Å²) in [7, 11) is 1.71. The number of carbonyl (C=O) groups is 1. The van der Waals surface area contributed by atoms with Crippen molar-refractivity contribution in [2.24, 2.45) is 0 Å². The molecule has 4 nitrogen and oxygen atoms in total. The van der Waals surface area contributed by atoms with Gasteiger partial charge in [0.1, 0.15) is 11.9 Å². The highest BCUT2D eigenvalue weighted by molar-refractivity contribution is 5.98. The number of fused-ring (bicyclic) bond motifs is 1. The van der Waals surface area contributed by atoms with Gasteiger partial charge in [-0.15, -0.1) is 0 Å². The molecule has 0 aromatic heterocycles. The van der Waals surface area contributed by atoms with E-state index in [4.69, 9.17) is 4.74 Å². The number of para-hydroxylation sites is 1. The van der Waals surface area contributed by atoms with Crippen LogP contribution in [0.2, 0.25) is 0 Å². The summed E-state index contributed by atoms with van der Waals surface area (Å²) in [6.45, 7) is 7.70. The Bertz CT molecular complexity index is 524. The van der Waals surface area contributed by atoms with Crippen molar-refractivity contribution in [1.29, 1.82) is 0 Å². The summed E-state index contributed by atoms with van der Waals surface area (Å²) < 4.78 is 5.86. The van der Waals surface area contributed by atoms with Crippen LogP contribution in [0.4, 0.5) is 0 Å². The molecule has 1 heterocycles. The second kappa shape index (κ2) is 5.09. The molecule has 0 aliphatic carbocycles. The van der Waals surface area contributed by atoms with Crippen molar-refractivity contribution >= 4 is 5.91 Å². The molecule has 110 valence electrons. The molecule has 2 unspecified atom stereocenters. The van der Waals surface area contributed by atoms with Crippen molar-refractivity contribution in [1.82, 2.24) is 4.90 Å².